The fourth-order valence-electron chi connectivity index (χ4n) is 5.34. The van der Waals surface area contributed by atoms with E-state index in [9.17, 15) is 30.0 Å². The van der Waals surface area contributed by atoms with Crippen LogP contribution in [0.1, 0.15) is 33.9 Å². The van der Waals surface area contributed by atoms with Gasteiger partial charge in [0.1, 0.15) is 61.6 Å². The lowest BCUT2D eigenvalue weighted by Gasteiger charge is -2.40. The number of benzene rings is 4. The van der Waals surface area contributed by atoms with Crippen molar-refractivity contribution in [2.24, 2.45) is 11.5 Å². The molecule has 13 nitrogen and oxygen atoms in total. The van der Waals surface area contributed by atoms with Gasteiger partial charge in [0.2, 0.25) is 0 Å². The molecular weight excluding hydrogens is 732 g/mol. The molecule has 0 spiro atoms. The number of hydrogen-bond acceptors (Lipinski definition) is 11. The quantitative estimate of drug-likeness (QED) is 0.0937. The summed E-state index contributed by atoms with van der Waals surface area (Å²) >= 11 is 6.37. The van der Waals surface area contributed by atoms with Crippen LogP contribution in [0.15, 0.2) is 103 Å². The molecule has 55 heavy (non-hydrogen) atoms. The third-order valence-corrected chi connectivity index (χ3v) is 8.72. The maximum absolute atomic E-state index is 10.4. The lowest BCUT2D eigenvalue weighted by molar-refractivity contribution is -0.231. The number of carbonyl (C=O) groups is 2. The maximum Gasteiger partial charge on any atom is 0.320 e. The molecule has 0 amide bonds. The average Bonchev–Trinajstić information content (AvgIpc) is 3.18. The summed E-state index contributed by atoms with van der Waals surface area (Å²) in [4.78, 5) is 20.8. The summed E-state index contributed by atoms with van der Waals surface area (Å²) in [6.45, 7) is -0.500. The number of aliphatic hydroxyl groups is 5. The van der Waals surface area contributed by atoms with E-state index in [1.807, 2.05) is 84.9 Å². The van der Waals surface area contributed by atoms with Gasteiger partial charge >= 0.3 is 11.9 Å². The van der Waals surface area contributed by atoms with Crippen molar-refractivity contribution >= 4 is 23.5 Å². The molecule has 11 N–H and O–H groups in total. The van der Waals surface area contributed by atoms with Crippen molar-refractivity contribution < 1.29 is 54.8 Å². The van der Waals surface area contributed by atoms with E-state index >= 15 is 0 Å². The molecule has 0 aliphatic carbocycles. The summed E-state index contributed by atoms with van der Waals surface area (Å²) < 4.78 is 11.1. The molecule has 294 valence electrons. The number of hydrogen-bond donors (Lipinski definition) is 9. The molecule has 0 bridgehead atoms. The summed E-state index contributed by atoms with van der Waals surface area (Å²) in [5.41, 5.74) is 14.9. The number of carboxylic acid groups (broad SMARTS) is 2. The molecule has 0 saturated carbocycles. The van der Waals surface area contributed by atoms with Crippen LogP contribution in [0.25, 0.3) is 0 Å². The van der Waals surface area contributed by atoms with Gasteiger partial charge in [-0.3, -0.25) is 9.59 Å². The fourth-order valence-corrected chi connectivity index (χ4v) is 5.53. The summed E-state index contributed by atoms with van der Waals surface area (Å²) in [5.74, 6) is 3.92. The van der Waals surface area contributed by atoms with Gasteiger partial charge in [-0.1, -0.05) is 108 Å². The fraction of sp³-hybridized carbons (Fsp3) is 0.317. The predicted octanol–water partition coefficient (Wildman–Crippen LogP) is 2.10. The molecule has 1 fully saturated rings. The molecule has 5 rings (SSSR count). The second-order valence-electron chi connectivity index (χ2n) is 12.5. The zero-order valence-corrected chi connectivity index (χ0v) is 30.7. The standard InChI is InChI=1S/C23H25ClO7.2C9H11NO2/c24-18-8-5-15(23-22(29)21(28)20(27)19(13-26)31-23)12-16(18)11-14-3-6-17(7-4-14)30-10-2-1-9-25;2*10-8(9(11)12)6-7-4-2-1-3-5-7/h3-8,12,19-23,25-29H,9-11,13H2;2*1-5,8H,6,10H2,(H,11,12)/t19-,20-,21+,22-,23+;2*8-/m100/s1. The van der Waals surface area contributed by atoms with E-state index in [1.165, 1.54) is 0 Å². The maximum atomic E-state index is 10.4. The Morgan fingerprint density at radius 1 is 0.727 bits per heavy atom. The summed E-state index contributed by atoms with van der Waals surface area (Å²) in [6.07, 6.45) is -4.80. The second-order valence-corrected chi connectivity index (χ2v) is 12.9. The van der Waals surface area contributed by atoms with E-state index in [0.29, 0.717) is 35.6 Å². The number of nitrogens with two attached hydrogens (primary N) is 2. The number of rotatable bonds is 12. The van der Waals surface area contributed by atoms with Crippen molar-refractivity contribution in [1.82, 2.24) is 0 Å². The summed E-state index contributed by atoms with van der Waals surface area (Å²) in [5, 5.41) is 66.0. The Morgan fingerprint density at radius 3 is 1.76 bits per heavy atom. The highest BCUT2D eigenvalue weighted by Gasteiger charge is 2.44. The van der Waals surface area contributed by atoms with Crippen LogP contribution < -0.4 is 16.2 Å². The molecule has 0 unspecified atom stereocenters. The van der Waals surface area contributed by atoms with Gasteiger partial charge < -0.3 is 56.7 Å². The van der Waals surface area contributed by atoms with Gasteiger partial charge in [0, 0.05) is 5.02 Å². The Kier molecular flexibility index (Phi) is 18.8. The molecule has 14 heteroatoms. The van der Waals surface area contributed by atoms with E-state index < -0.39 is 61.1 Å². The van der Waals surface area contributed by atoms with Crippen LogP contribution in [0.4, 0.5) is 0 Å². The summed E-state index contributed by atoms with van der Waals surface area (Å²) in [7, 11) is 0. The first-order valence-corrected chi connectivity index (χ1v) is 17.6. The number of carboxylic acids is 2. The first kappa shape index (κ1) is 44.5. The minimum atomic E-state index is -1.44. The summed E-state index contributed by atoms with van der Waals surface area (Å²) in [6, 6.07) is 29.6. The molecule has 0 radical (unpaired) electrons. The minimum Gasteiger partial charge on any atom is -0.481 e. The highest BCUT2D eigenvalue weighted by Crippen LogP contribution is 2.34. The van der Waals surface area contributed by atoms with Crippen LogP contribution in [-0.2, 0) is 33.6 Å². The Labute approximate surface area is 324 Å². The highest BCUT2D eigenvalue weighted by atomic mass is 35.5. The third kappa shape index (κ3) is 14.7. The largest absolute Gasteiger partial charge is 0.481 e. The monoisotopic (exact) mass is 778 g/mol. The van der Waals surface area contributed by atoms with Gasteiger partial charge in [-0.25, -0.2) is 0 Å². The van der Waals surface area contributed by atoms with Crippen molar-refractivity contribution in [3.8, 4) is 17.6 Å². The van der Waals surface area contributed by atoms with Crippen molar-refractivity contribution in [2.45, 2.75) is 61.9 Å². The Morgan fingerprint density at radius 2 is 1.27 bits per heavy atom. The van der Waals surface area contributed by atoms with Crippen LogP contribution in [-0.4, -0.2) is 104 Å². The van der Waals surface area contributed by atoms with Gasteiger partial charge in [0.25, 0.3) is 0 Å². The average molecular weight is 779 g/mol. The molecule has 1 aliphatic rings. The molecule has 1 heterocycles. The predicted molar refractivity (Wildman–Crippen MR) is 205 cm³/mol. The Balaban J connectivity index is 0.000000275. The lowest BCUT2D eigenvalue weighted by Crippen LogP contribution is -2.55. The van der Waals surface area contributed by atoms with Crippen LogP contribution in [0.2, 0.25) is 5.02 Å². The molecule has 7 atom stereocenters. The highest BCUT2D eigenvalue weighted by molar-refractivity contribution is 6.31. The second kappa shape index (κ2) is 23.2. The number of aliphatic hydroxyl groups excluding tert-OH is 5. The number of halogens is 1. The van der Waals surface area contributed by atoms with Crippen LogP contribution in [0.5, 0.6) is 5.75 Å². The first-order chi connectivity index (χ1) is 26.3. The Bertz CT molecular complexity index is 1760. The van der Waals surface area contributed by atoms with Crippen molar-refractivity contribution in [1.29, 1.82) is 0 Å². The first-order valence-electron chi connectivity index (χ1n) is 17.3. The third-order valence-electron chi connectivity index (χ3n) is 8.35. The molecule has 4 aromatic carbocycles. The molecule has 4 aromatic rings. The smallest absolute Gasteiger partial charge is 0.320 e. The van der Waals surface area contributed by atoms with Crippen molar-refractivity contribution in [2.75, 3.05) is 19.8 Å². The van der Waals surface area contributed by atoms with E-state index in [-0.39, 0.29) is 13.2 Å². The van der Waals surface area contributed by atoms with Crippen LogP contribution >= 0.6 is 11.6 Å². The topological polar surface area (TPSA) is 246 Å². The number of ether oxygens (including phenoxy) is 2. The van der Waals surface area contributed by atoms with E-state index in [4.69, 9.17) is 47.9 Å². The normalized spacial score (nSPS) is 19.8. The minimum absolute atomic E-state index is 0.187. The molecule has 0 aromatic heterocycles. The zero-order chi connectivity index (χ0) is 40.3. The Hall–Kier alpha value is -4.85. The van der Waals surface area contributed by atoms with E-state index in [2.05, 4.69) is 11.8 Å². The van der Waals surface area contributed by atoms with Gasteiger partial charge in [-0.05, 0) is 65.3 Å². The van der Waals surface area contributed by atoms with Gasteiger partial charge in [-0.15, -0.1) is 0 Å². The van der Waals surface area contributed by atoms with Gasteiger partial charge in [0.15, 0.2) is 0 Å². The molecule has 1 aliphatic heterocycles. The van der Waals surface area contributed by atoms with Crippen molar-refractivity contribution in [3.05, 3.63) is 136 Å². The molecular formula is C41H47ClN2O11. The zero-order valence-electron chi connectivity index (χ0n) is 29.9. The van der Waals surface area contributed by atoms with E-state index in [0.717, 1.165) is 22.3 Å². The van der Waals surface area contributed by atoms with Crippen LogP contribution in [0.3, 0.4) is 0 Å². The van der Waals surface area contributed by atoms with Crippen LogP contribution in [0, 0.1) is 11.8 Å². The van der Waals surface area contributed by atoms with Gasteiger partial charge in [-0.2, -0.15) is 0 Å². The van der Waals surface area contributed by atoms with E-state index in [1.54, 1.807) is 18.2 Å². The molecule has 1 saturated heterocycles. The SMILES string of the molecule is N[C@@H](Cc1ccccc1)C(=O)O.N[C@@H](Cc1ccccc1)C(=O)O.OCC#CCOc1ccc(Cc2cc([C@@H]3O[C@H](CO)[C@@H](O)[C@H](O)[C@H]3O)ccc2Cl)cc1. The lowest BCUT2D eigenvalue weighted by atomic mass is 9.90. The van der Waals surface area contributed by atoms with Crippen molar-refractivity contribution in [3.63, 3.8) is 0 Å². The van der Waals surface area contributed by atoms with Gasteiger partial charge in [0.05, 0.1) is 6.61 Å². The number of aliphatic carboxylic acids is 2.